The molecule has 0 bridgehead atoms. The van der Waals surface area contributed by atoms with E-state index >= 15 is 0 Å². The molecule has 0 unspecified atom stereocenters. The van der Waals surface area contributed by atoms with Crippen molar-refractivity contribution in [2.24, 2.45) is 0 Å². The van der Waals surface area contributed by atoms with Gasteiger partial charge in [0.2, 0.25) is 5.88 Å². The highest BCUT2D eigenvalue weighted by atomic mass is 35.5. The molecule has 1 N–H and O–H groups in total. The van der Waals surface area contributed by atoms with Crippen molar-refractivity contribution in [3.8, 4) is 5.88 Å². The van der Waals surface area contributed by atoms with Crippen LogP contribution in [0.4, 0.5) is 0 Å². The van der Waals surface area contributed by atoms with Crippen LogP contribution in [0.25, 0.3) is 0 Å². The van der Waals surface area contributed by atoms with E-state index in [2.05, 4.69) is 10.3 Å². The maximum atomic E-state index is 12.1. The number of hydrogen-bond acceptors (Lipinski definition) is 5. The Labute approximate surface area is 143 Å². The second-order valence-electron chi connectivity index (χ2n) is 5.72. The topological polar surface area (TPSA) is 81.4 Å². The van der Waals surface area contributed by atoms with Crippen LogP contribution in [-0.2, 0) is 0 Å². The molecule has 0 spiro atoms. The van der Waals surface area contributed by atoms with Crippen molar-refractivity contribution >= 4 is 17.5 Å². The van der Waals surface area contributed by atoms with Gasteiger partial charge in [-0.3, -0.25) is 4.79 Å². The highest BCUT2D eigenvalue weighted by Gasteiger charge is 2.24. The van der Waals surface area contributed by atoms with Crippen LogP contribution in [0, 0.1) is 0 Å². The maximum absolute atomic E-state index is 12.1. The number of amides is 1. The van der Waals surface area contributed by atoms with Gasteiger partial charge in [-0.15, -0.1) is 0 Å². The number of aromatic nitrogens is 1. The molecule has 1 amide bonds. The van der Waals surface area contributed by atoms with Crippen molar-refractivity contribution in [2.45, 2.75) is 37.8 Å². The van der Waals surface area contributed by atoms with Gasteiger partial charge in [0.05, 0.1) is 10.6 Å². The molecule has 126 valence electrons. The lowest BCUT2D eigenvalue weighted by molar-refractivity contribution is 0.0888. The van der Waals surface area contributed by atoms with Crippen LogP contribution in [0.5, 0.6) is 5.88 Å². The molecule has 0 radical (unpaired) electrons. The fraction of sp³-hybridized carbons (Fsp3) is 0.353. The van der Waals surface area contributed by atoms with Crippen molar-refractivity contribution in [3.05, 3.63) is 57.7 Å². The minimum Gasteiger partial charge on any atom is -0.474 e. The molecule has 2 aromatic heterocycles. The van der Waals surface area contributed by atoms with E-state index in [-0.39, 0.29) is 18.1 Å². The van der Waals surface area contributed by atoms with Gasteiger partial charge in [0.1, 0.15) is 12.4 Å². The molecule has 1 fully saturated rings. The summed E-state index contributed by atoms with van der Waals surface area (Å²) in [5, 5.41) is 3.53. The average molecular weight is 349 g/mol. The molecular formula is C17H17ClN2O4. The van der Waals surface area contributed by atoms with Crippen LogP contribution in [0.3, 0.4) is 0 Å². The lowest BCUT2D eigenvalue weighted by atomic mass is 9.93. The number of carbonyl (C=O) groups is 1. The van der Waals surface area contributed by atoms with Crippen LogP contribution in [0.2, 0.25) is 5.02 Å². The summed E-state index contributed by atoms with van der Waals surface area (Å²) in [6, 6.07) is 6.27. The standard InChI is InChI=1S/C17H17ClN2O4/c18-12-2-7-15(19-9-12)24-14-5-3-13(4-6-14)20-17(22)11-1-8-16(21)23-10-11/h1-2,7-10,13-14H,3-6H2,(H,20,22). The maximum Gasteiger partial charge on any atom is 0.335 e. The van der Waals surface area contributed by atoms with Crippen molar-refractivity contribution in [3.63, 3.8) is 0 Å². The SMILES string of the molecule is O=C(NC1CCC(Oc2ccc(Cl)cn2)CC1)c1ccc(=O)oc1. The first-order valence-electron chi connectivity index (χ1n) is 7.78. The van der Waals surface area contributed by atoms with Crippen molar-refractivity contribution in [2.75, 3.05) is 0 Å². The Kier molecular flexibility index (Phi) is 5.15. The summed E-state index contributed by atoms with van der Waals surface area (Å²) in [5.41, 5.74) is -0.127. The molecule has 7 heteroatoms. The quantitative estimate of drug-likeness (QED) is 0.918. The third-order valence-electron chi connectivity index (χ3n) is 3.96. The Bertz CT molecular complexity index is 731. The fourth-order valence-corrected chi connectivity index (χ4v) is 2.80. The molecule has 1 aliphatic rings. The zero-order chi connectivity index (χ0) is 16.9. The zero-order valence-corrected chi connectivity index (χ0v) is 13.7. The Morgan fingerprint density at radius 1 is 1.21 bits per heavy atom. The van der Waals surface area contributed by atoms with Gasteiger partial charge < -0.3 is 14.5 Å². The summed E-state index contributed by atoms with van der Waals surface area (Å²) in [7, 11) is 0. The molecule has 0 aromatic carbocycles. The fourth-order valence-electron chi connectivity index (χ4n) is 2.68. The normalized spacial score (nSPS) is 20.4. The minimum absolute atomic E-state index is 0.0848. The zero-order valence-electron chi connectivity index (χ0n) is 12.9. The summed E-state index contributed by atoms with van der Waals surface area (Å²) in [4.78, 5) is 27.1. The van der Waals surface area contributed by atoms with Gasteiger partial charge >= 0.3 is 5.63 Å². The number of rotatable bonds is 4. The predicted molar refractivity (Wildman–Crippen MR) is 88.4 cm³/mol. The summed E-state index contributed by atoms with van der Waals surface area (Å²) in [5.74, 6) is 0.327. The van der Waals surface area contributed by atoms with Crippen LogP contribution >= 0.6 is 11.6 Å². The molecule has 2 aromatic rings. The Morgan fingerprint density at radius 3 is 2.62 bits per heavy atom. The molecule has 6 nitrogen and oxygen atoms in total. The molecule has 1 saturated carbocycles. The van der Waals surface area contributed by atoms with Crippen LogP contribution in [0.1, 0.15) is 36.0 Å². The summed E-state index contributed by atoms with van der Waals surface area (Å²) in [6.45, 7) is 0. The number of ether oxygens (including phenoxy) is 1. The van der Waals surface area contributed by atoms with E-state index in [9.17, 15) is 9.59 Å². The van der Waals surface area contributed by atoms with E-state index < -0.39 is 5.63 Å². The largest absolute Gasteiger partial charge is 0.474 e. The van der Waals surface area contributed by atoms with Gasteiger partial charge in [-0.1, -0.05) is 11.6 Å². The van der Waals surface area contributed by atoms with Gasteiger partial charge in [0, 0.05) is 24.4 Å². The third kappa shape index (κ3) is 4.35. The van der Waals surface area contributed by atoms with E-state index in [1.807, 2.05) is 0 Å². The lowest BCUT2D eigenvalue weighted by Gasteiger charge is -2.29. The van der Waals surface area contributed by atoms with Crippen molar-refractivity contribution in [1.29, 1.82) is 0 Å². The molecule has 1 aliphatic carbocycles. The molecule has 0 aliphatic heterocycles. The minimum atomic E-state index is -0.472. The van der Waals surface area contributed by atoms with E-state index in [4.69, 9.17) is 20.8 Å². The smallest absolute Gasteiger partial charge is 0.335 e. The first-order valence-corrected chi connectivity index (χ1v) is 8.16. The molecule has 0 atom stereocenters. The van der Waals surface area contributed by atoms with E-state index in [1.54, 1.807) is 18.3 Å². The van der Waals surface area contributed by atoms with Gasteiger partial charge in [-0.25, -0.2) is 9.78 Å². The number of nitrogens with zero attached hydrogens (tertiary/aromatic N) is 1. The van der Waals surface area contributed by atoms with Crippen LogP contribution < -0.4 is 15.7 Å². The Hall–Kier alpha value is -2.34. The Balaban J connectivity index is 1.48. The number of carbonyl (C=O) groups excluding carboxylic acids is 1. The highest BCUT2D eigenvalue weighted by Crippen LogP contribution is 2.23. The van der Waals surface area contributed by atoms with E-state index in [1.165, 1.54) is 18.4 Å². The second kappa shape index (κ2) is 7.49. The van der Waals surface area contributed by atoms with Gasteiger partial charge in [-0.05, 0) is 37.8 Å². The highest BCUT2D eigenvalue weighted by molar-refractivity contribution is 6.30. The van der Waals surface area contributed by atoms with Crippen molar-refractivity contribution in [1.82, 2.24) is 10.3 Å². The number of halogens is 1. The van der Waals surface area contributed by atoms with Gasteiger partial charge in [0.15, 0.2) is 0 Å². The van der Waals surface area contributed by atoms with E-state index in [0.717, 1.165) is 25.7 Å². The molecule has 3 rings (SSSR count). The molecule has 0 saturated heterocycles. The Morgan fingerprint density at radius 2 is 2.00 bits per heavy atom. The second-order valence-corrected chi connectivity index (χ2v) is 6.16. The number of nitrogens with one attached hydrogen (secondary N) is 1. The first kappa shape index (κ1) is 16.5. The van der Waals surface area contributed by atoms with Crippen molar-refractivity contribution < 1.29 is 13.9 Å². The monoisotopic (exact) mass is 348 g/mol. The number of pyridine rings is 1. The average Bonchev–Trinajstić information content (AvgIpc) is 2.59. The summed E-state index contributed by atoms with van der Waals surface area (Å²) >= 11 is 5.80. The van der Waals surface area contributed by atoms with E-state index in [0.29, 0.717) is 16.5 Å². The molecule has 2 heterocycles. The molecule has 24 heavy (non-hydrogen) atoms. The number of hydrogen-bond donors (Lipinski definition) is 1. The van der Waals surface area contributed by atoms with Gasteiger partial charge in [-0.2, -0.15) is 0 Å². The third-order valence-corrected chi connectivity index (χ3v) is 4.18. The van der Waals surface area contributed by atoms with Gasteiger partial charge in [0.25, 0.3) is 5.91 Å². The summed E-state index contributed by atoms with van der Waals surface area (Å²) < 4.78 is 10.5. The predicted octanol–water partition coefficient (Wildman–Crippen LogP) is 2.81. The lowest BCUT2D eigenvalue weighted by Crippen LogP contribution is -2.39. The van der Waals surface area contributed by atoms with Crippen LogP contribution in [-0.4, -0.2) is 23.0 Å². The summed E-state index contributed by atoms with van der Waals surface area (Å²) in [6.07, 6.45) is 6.13. The van der Waals surface area contributed by atoms with Crippen LogP contribution in [0.15, 0.2) is 45.9 Å². The molecular weight excluding hydrogens is 332 g/mol. The first-order chi connectivity index (χ1) is 11.6.